The van der Waals surface area contributed by atoms with Crippen LogP contribution in [0.3, 0.4) is 0 Å². The van der Waals surface area contributed by atoms with Crippen LogP contribution in [0.25, 0.3) is 0 Å². The third-order valence-electron chi connectivity index (χ3n) is 1.000. The first kappa shape index (κ1) is 8.49. The van der Waals surface area contributed by atoms with Crippen LogP contribution in [0.5, 0.6) is 0 Å². The Balaban J connectivity index is 4.01. The number of rotatable bonds is 0. The Labute approximate surface area is 59.9 Å². The molecule has 0 spiro atoms. The van der Waals surface area contributed by atoms with Crippen LogP contribution >= 0.6 is 0 Å². The van der Waals surface area contributed by atoms with Gasteiger partial charge in [-0.25, -0.2) is 0 Å². The van der Waals surface area contributed by atoms with Gasteiger partial charge in [-0.3, -0.25) is 0 Å². The zero-order chi connectivity index (χ0) is 7.44. The zero-order valence-corrected chi connectivity index (χ0v) is 8.84. The Kier molecular flexibility index (Phi) is 3.30. The average molecular weight is 145 g/mol. The molecule has 0 bridgehead atoms. The lowest BCUT2D eigenvalue weighted by Crippen LogP contribution is -2.35. The highest BCUT2D eigenvalue weighted by Crippen LogP contribution is 1.84. The molecule has 0 radical (unpaired) electrons. The molecule has 54 valence electrons. The molecule has 0 aromatic heterocycles. The van der Waals surface area contributed by atoms with Crippen LogP contribution in [0.1, 0.15) is 0 Å². The molecule has 0 aromatic rings. The van der Waals surface area contributed by atoms with E-state index < -0.39 is 0 Å². The van der Waals surface area contributed by atoms with Crippen molar-refractivity contribution < 1.29 is 0 Å². The summed E-state index contributed by atoms with van der Waals surface area (Å²) in [4.78, 5) is 4.01. The SMILES string of the molecule is CN(C)C(=N[SiH3])N(C)C. The molecule has 0 atom stereocenters. The molecule has 0 aromatic carbocycles. The highest BCUT2D eigenvalue weighted by Gasteiger charge is 1.99. The van der Waals surface area contributed by atoms with Gasteiger partial charge in [0.25, 0.3) is 0 Å². The zero-order valence-electron chi connectivity index (χ0n) is 6.84. The molecule has 0 unspecified atom stereocenters. The van der Waals surface area contributed by atoms with E-state index in [1.807, 2.05) is 38.0 Å². The number of hydrogen-bond donors (Lipinski definition) is 0. The topological polar surface area (TPSA) is 18.8 Å². The highest BCUT2D eigenvalue weighted by atomic mass is 28.2. The van der Waals surface area contributed by atoms with Crippen molar-refractivity contribution in [2.75, 3.05) is 28.2 Å². The molecule has 0 heterocycles. The molecule has 0 aliphatic carbocycles. The first-order chi connectivity index (χ1) is 4.09. The molecule has 4 heteroatoms. The summed E-state index contributed by atoms with van der Waals surface area (Å²) >= 11 is 0. The molecule has 9 heavy (non-hydrogen) atoms. The van der Waals surface area contributed by atoms with E-state index in [9.17, 15) is 0 Å². The number of nitrogens with zero attached hydrogens (tertiary/aromatic N) is 3. The monoisotopic (exact) mass is 145 g/mol. The second kappa shape index (κ2) is 3.50. The molecular weight excluding hydrogens is 130 g/mol. The minimum atomic E-state index is 0.873. The van der Waals surface area contributed by atoms with Gasteiger partial charge in [-0.1, -0.05) is 0 Å². The normalized spacial score (nSPS) is 8.89. The molecule has 0 fully saturated rings. The van der Waals surface area contributed by atoms with E-state index in [1.54, 1.807) is 0 Å². The highest BCUT2D eigenvalue weighted by molar-refractivity contribution is 6.11. The van der Waals surface area contributed by atoms with E-state index in [4.69, 9.17) is 0 Å². The van der Waals surface area contributed by atoms with Crippen molar-refractivity contribution >= 4 is 16.4 Å². The predicted molar refractivity (Wildman–Crippen MR) is 44.7 cm³/mol. The summed E-state index contributed by atoms with van der Waals surface area (Å²) < 4.78 is 4.19. The van der Waals surface area contributed by atoms with E-state index >= 15 is 0 Å². The van der Waals surface area contributed by atoms with Crippen molar-refractivity contribution in [1.29, 1.82) is 0 Å². The summed E-state index contributed by atoms with van der Waals surface area (Å²) in [6.07, 6.45) is 0. The van der Waals surface area contributed by atoms with Gasteiger partial charge in [0, 0.05) is 28.2 Å². The fourth-order valence-electron chi connectivity index (χ4n) is 0.800. The second-order valence-electron chi connectivity index (χ2n) is 2.31. The van der Waals surface area contributed by atoms with Gasteiger partial charge in [0.05, 0.1) is 0 Å². The molecule has 0 amide bonds. The molecule has 0 rings (SSSR count). The van der Waals surface area contributed by atoms with Crippen LogP contribution in [-0.4, -0.2) is 54.4 Å². The van der Waals surface area contributed by atoms with Crippen molar-refractivity contribution in [1.82, 2.24) is 9.80 Å². The Morgan fingerprint density at radius 3 is 1.44 bits per heavy atom. The first-order valence-corrected chi connectivity index (χ1v) is 3.80. The first-order valence-electron chi connectivity index (χ1n) is 2.91. The molecular formula is C5H15N3Si. The van der Waals surface area contributed by atoms with Gasteiger partial charge >= 0.3 is 0 Å². The lowest BCUT2D eigenvalue weighted by atomic mass is 10.7. The Bertz CT molecular complexity index is 98.8. The maximum absolute atomic E-state index is 4.19. The minimum absolute atomic E-state index is 0.873. The average Bonchev–Trinajstić information content (AvgIpc) is 1.64. The quantitative estimate of drug-likeness (QED) is 0.241. The van der Waals surface area contributed by atoms with E-state index in [-0.39, 0.29) is 0 Å². The minimum Gasteiger partial charge on any atom is -0.350 e. The fourth-order valence-corrected chi connectivity index (χ4v) is 1.60. The Morgan fingerprint density at radius 2 is 1.44 bits per heavy atom. The van der Waals surface area contributed by atoms with Crippen LogP contribution in [0.15, 0.2) is 4.66 Å². The van der Waals surface area contributed by atoms with Crippen molar-refractivity contribution in [3.8, 4) is 0 Å². The van der Waals surface area contributed by atoms with Crippen molar-refractivity contribution in [2.24, 2.45) is 4.66 Å². The molecule has 0 aliphatic rings. The van der Waals surface area contributed by atoms with Gasteiger partial charge in [0.1, 0.15) is 10.4 Å². The Hall–Kier alpha value is -0.513. The van der Waals surface area contributed by atoms with Gasteiger partial charge in [-0.2, -0.15) is 0 Å². The van der Waals surface area contributed by atoms with E-state index in [0.717, 1.165) is 16.4 Å². The van der Waals surface area contributed by atoms with Crippen LogP contribution < -0.4 is 0 Å². The van der Waals surface area contributed by atoms with E-state index in [2.05, 4.69) is 4.66 Å². The summed E-state index contributed by atoms with van der Waals surface area (Å²) in [5.41, 5.74) is 0. The molecule has 0 saturated heterocycles. The summed E-state index contributed by atoms with van der Waals surface area (Å²) in [6.45, 7) is 0. The predicted octanol–water partition coefficient (Wildman–Crippen LogP) is -1.25. The lowest BCUT2D eigenvalue weighted by Gasteiger charge is -2.22. The fraction of sp³-hybridized carbons (Fsp3) is 0.800. The number of guanidine groups is 1. The van der Waals surface area contributed by atoms with Gasteiger partial charge in [0.2, 0.25) is 0 Å². The third-order valence-corrected chi connectivity index (χ3v) is 1.40. The van der Waals surface area contributed by atoms with Crippen LogP contribution in [0, 0.1) is 0 Å². The maximum atomic E-state index is 4.19. The van der Waals surface area contributed by atoms with Crippen LogP contribution in [0.2, 0.25) is 0 Å². The van der Waals surface area contributed by atoms with Gasteiger partial charge in [-0.15, -0.1) is 0 Å². The summed E-state index contributed by atoms with van der Waals surface area (Å²) in [6, 6.07) is 0. The van der Waals surface area contributed by atoms with Crippen molar-refractivity contribution in [3.05, 3.63) is 0 Å². The third kappa shape index (κ3) is 2.50. The lowest BCUT2D eigenvalue weighted by molar-refractivity contribution is 0.486. The smallest absolute Gasteiger partial charge is 0.185 e. The van der Waals surface area contributed by atoms with Gasteiger partial charge in [-0.05, 0) is 0 Å². The van der Waals surface area contributed by atoms with Gasteiger partial charge < -0.3 is 14.5 Å². The van der Waals surface area contributed by atoms with Gasteiger partial charge in [0.15, 0.2) is 5.96 Å². The summed E-state index contributed by atoms with van der Waals surface area (Å²) in [5.74, 6) is 1.04. The Morgan fingerprint density at radius 1 is 1.11 bits per heavy atom. The standard InChI is InChI=1S/C5H15N3Si/c1-7(2)5(6-9)8(3)4/h1-4,9H3. The van der Waals surface area contributed by atoms with Crippen molar-refractivity contribution in [3.63, 3.8) is 0 Å². The molecule has 3 nitrogen and oxygen atoms in total. The number of hydrogen-bond acceptors (Lipinski definition) is 1. The van der Waals surface area contributed by atoms with E-state index in [0.29, 0.717) is 0 Å². The van der Waals surface area contributed by atoms with Crippen molar-refractivity contribution in [2.45, 2.75) is 0 Å². The summed E-state index contributed by atoms with van der Waals surface area (Å²) in [7, 11) is 8.86. The van der Waals surface area contributed by atoms with Crippen LogP contribution in [0.4, 0.5) is 0 Å². The van der Waals surface area contributed by atoms with Crippen LogP contribution in [-0.2, 0) is 0 Å². The molecule has 0 N–H and O–H groups in total. The largest absolute Gasteiger partial charge is 0.350 e. The summed E-state index contributed by atoms with van der Waals surface area (Å²) in [5, 5.41) is 0. The van der Waals surface area contributed by atoms with E-state index in [1.165, 1.54) is 0 Å². The second-order valence-corrected chi connectivity index (χ2v) is 2.76. The molecule has 0 aliphatic heterocycles. The molecule has 0 saturated carbocycles. The maximum Gasteiger partial charge on any atom is 0.185 e.